The van der Waals surface area contributed by atoms with Crippen molar-refractivity contribution in [2.45, 2.75) is 84.2 Å². The Labute approximate surface area is 112 Å². The second-order valence-corrected chi connectivity index (χ2v) is 6.86. The predicted molar refractivity (Wildman–Crippen MR) is 76.3 cm³/mol. The van der Waals surface area contributed by atoms with E-state index in [0.717, 1.165) is 12.8 Å². The van der Waals surface area contributed by atoms with E-state index < -0.39 is 11.0 Å². The van der Waals surface area contributed by atoms with Gasteiger partial charge in [0.25, 0.3) is 0 Å². The molecule has 0 spiro atoms. The number of hydrogen-bond acceptors (Lipinski definition) is 2. The minimum Gasteiger partial charge on any atom is -0.353 e. The van der Waals surface area contributed by atoms with Gasteiger partial charge in [0, 0.05) is 11.6 Å². The van der Waals surface area contributed by atoms with Crippen molar-refractivity contribution >= 4 is 5.91 Å². The molecule has 0 aromatic rings. The van der Waals surface area contributed by atoms with Crippen LogP contribution in [0.1, 0.15) is 72.6 Å². The van der Waals surface area contributed by atoms with E-state index in [4.69, 9.17) is 5.73 Å². The van der Waals surface area contributed by atoms with Gasteiger partial charge in [0.1, 0.15) is 0 Å². The van der Waals surface area contributed by atoms with Gasteiger partial charge in [-0.2, -0.15) is 0 Å². The van der Waals surface area contributed by atoms with E-state index in [2.05, 4.69) is 5.32 Å². The third-order valence-electron chi connectivity index (χ3n) is 4.62. The highest BCUT2D eigenvalue weighted by atomic mass is 16.2. The Kier molecular flexibility index (Phi) is 5.20. The molecule has 3 nitrogen and oxygen atoms in total. The van der Waals surface area contributed by atoms with Crippen LogP contribution in [0.25, 0.3) is 0 Å². The van der Waals surface area contributed by atoms with Crippen molar-refractivity contribution in [1.82, 2.24) is 5.32 Å². The van der Waals surface area contributed by atoms with Crippen molar-refractivity contribution in [3.8, 4) is 0 Å². The number of carbonyl (C=O) groups excluding carboxylic acids is 1. The highest BCUT2D eigenvalue weighted by Crippen LogP contribution is 2.29. The van der Waals surface area contributed by atoms with Crippen LogP contribution in [-0.2, 0) is 4.79 Å². The zero-order chi connectivity index (χ0) is 13.8. The fourth-order valence-corrected chi connectivity index (χ4v) is 2.26. The van der Waals surface area contributed by atoms with Crippen molar-refractivity contribution in [2.24, 2.45) is 11.1 Å². The zero-order valence-corrected chi connectivity index (χ0v) is 12.5. The minimum atomic E-state index is -0.532. The van der Waals surface area contributed by atoms with E-state index in [0.29, 0.717) is 6.04 Å². The van der Waals surface area contributed by atoms with Gasteiger partial charge < -0.3 is 11.1 Å². The Bertz CT molecular complexity index is 271. The lowest BCUT2D eigenvalue weighted by Crippen LogP contribution is -2.57. The number of hydrogen-bond donors (Lipinski definition) is 2. The first-order valence-electron chi connectivity index (χ1n) is 7.35. The summed E-state index contributed by atoms with van der Waals surface area (Å²) in [6.45, 7) is 7.71. The van der Waals surface area contributed by atoms with Gasteiger partial charge in [-0.1, -0.05) is 32.1 Å². The summed E-state index contributed by atoms with van der Waals surface area (Å²) in [6, 6.07) is 0.347. The molecule has 1 fully saturated rings. The Morgan fingerprint density at radius 3 is 1.89 bits per heavy atom. The van der Waals surface area contributed by atoms with Gasteiger partial charge >= 0.3 is 0 Å². The molecular formula is C15H30N2O. The van der Waals surface area contributed by atoms with Gasteiger partial charge in [0.2, 0.25) is 5.91 Å². The van der Waals surface area contributed by atoms with Crippen LogP contribution in [0, 0.1) is 5.41 Å². The Morgan fingerprint density at radius 1 is 1.00 bits per heavy atom. The topological polar surface area (TPSA) is 55.1 Å². The minimum absolute atomic E-state index is 0.0978. The van der Waals surface area contributed by atoms with E-state index in [1.807, 2.05) is 27.7 Å². The summed E-state index contributed by atoms with van der Waals surface area (Å²) in [5.74, 6) is 0.0978. The molecule has 0 aromatic heterocycles. The molecule has 1 saturated carbocycles. The quantitative estimate of drug-likeness (QED) is 0.813. The maximum atomic E-state index is 12.4. The summed E-state index contributed by atoms with van der Waals surface area (Å²) in [6.07, 6.45) is 8.66. The summed E-state index contributed by atoms with van der Waals surface area (Å²) in [5, 5.41) is 3.21. The van der Waals surface area contributed by atoms with Gasteiger partial charge in [0.15, 0.2) is 0 Å². The van der Waals surface area contributed by atoms with Crippen LogP contribution in [0.3, 0.4) is 0 Å². The van der Waals surface area contributed by atoms with Crippen molar-refractivity contribution in [3.63, 3.8) is 0 Å². The SMILES string of the molecule is CC(C)(N)C(C)(C)C(=O)NC1CCCCCCC1. The third-order valence-corrected chi connectivity index (χ3v) is 4.62. The highest BCUT2D eigenvalue weighted by molar-refractivity contribution is 5.83. The lowest BCUT2D eigenvalue weighted by atomic mass is 9.74. The van der Waals surface area contributed by atoms with Gasteiger partial charge in [-0.3, -0.25) is 4.79 Å². The molecule has 1 rings (SSSR count). The second kappa shape index (κ2) is 6.05. The number of nitrogens with two attached hydrogens (primary N) is 1. The molecule has 0 aliphatic heterocycles. The average Bonchev–Trinajstić information content (AvgIpc) is 2.19. The van der Waals surface area contributed by atoms with Gasteiger partial charge in [-0.05, 0) is 40.5 Å². The van der Waals surface area contributed by atoms with Crippen LogP contribution in [-0.4, -0.2) is 17.5 Å². The van der Waals surface area contributed by atoms with Gasteiger partial charge in [-0.15, -0.1) is 0 Å². The van der Waals surface area contributed by atoms with Gasteiger partial charge in [-0.25, -0.2) is 0 Å². The van der Waals surface area contributed by atoms with Crippen LogP contribution in [0.2, 0.25) is 0 Å². The molecule has 1 amide bonds. The van der Waals surface area contributed by atoms with Crippen molar-refractivity contribution < 1.29 is 4.79 Å². The first kappa shape index (κ1) is 15.5. The molecule has 106 valence electrons. The molecule has 1 aliphatic carbocycles. The number of rotatable bonds is 3. The number of carbonyl (C=O) groups is 1. The summed E-state index contributed by atoms with van der Waals surface area (Å²) >= 11 is 0. The monoisotopic (exact) mass is 254 g/mol. The van der Waals surface area contributed by atoms with E-state index in [1.165, 1.54) is 32.1 Å². The fourth-order valence-electron chi connectivity index (χ4n) is 2.26. The summed E-state index contributed by atoms with van der Waals surface area (Å²) < 4.78 is 0. The van der Waals surface area contributed by atoms with Crippen LogP contribution >= 0.6 is 0 Å². The lowest BCUT2D eigenvalue weighted by molar-refractivity contribution is -0.133. The smallest absolute Gasteiger partial charge is 0.227 e. The zero-order valence-electron chi connectivity index (χ0n) is 12.5. The molecule has 0 bridgehead atoms. The van der Waals surface area contributed by atoms with E-state index in [9.17, 15) is 4.79 Å². The van der Waals surface area contributed by atoms with Crippen molar-refractivity contribution in [3.05, 3.63) is 0 Å². The number of amides is 1. The summed E-state index contributed by atoms with van der Waals surface area (Å²) in [7, 11) is 0. The summed E-state index contributed by atoms with van der Waals surface area (Å²) in [5.41, 5.74) is 5.08. The molecule has 0 aromatic carbocycles. The Hall–Kier alpha value is -0.570. The van der Waals surface area contributed by atoms with Crippen LogP contribution < -0.4 is 11.1 Å². The lowest BCUT2D eigenvalue weighted by Gasteiger charge is -2.38. The molecule has 0 atom stereocenters. The molecular weight excluding hydrogens is 224 g/mol. The summed E-state index contributed by atoms with van der Waals surface area (Å²) in [4.78, 5) is 12.4. The fraction of sp³-hybridized carbons (Fsp3) is 0.933. The van der Waals surface area contributed by atoms with E-state index >= 15 is 0 Å². The first-order chi connectivity index (χ1) is 8.25. The Balaban J connectivity index is 2.57. The van der Waals surface area contributed by atoms with Crippen LogP contribution in [0.15, 0.2) is 0 Å². The highest BCUT2D eigenvalue weighted by Gasteiger charge is 2.40. The second-order valence-electron chi connectivity index (χ2n) is 6.86. The maximum Gasteiger partial charge on any atom is 0.227 e. The molecule has 0 saturated heterocycles. The Morgan fingerprint density at radius 2 is 1.44 bits per heavy atom. The molecule has 0 unspecified atom stereocenters. The molecule has 0 heterocycles. The van der Waals surface area contributed by atoms with Crippen molar-refractivity contribution in [1.29, 1.82) is 0 Å². The van der Waals surface area contributed by atoms with Crippen LogP contribution in [0.4, 0.5) is 0 Å². The van der Waals surface area contributed by atoms with E-state index in [1.54, 1.807) is 0 Å². The number of nitrogens with one attached hydrogen (secondary N) is 1. The molecule has 0 radical (unpaired) electrons. The first-order valence-corrected chi connectivity index (χ1v) is 7.35. The van der Waals surface area contributed by atoms with Gasteiger partial charge in [0.05, 0.1) is 5.41 Å². The normalized spacial score (nSPS) is 20.1. The predicted octanol–water partition coefficient (Wildman–Crippen LogP) is 2.98. The largest absolute Gasteiger partial charge is 0.353 e. The molecule has 18 heavy (non-hydrogen) atoms. The van der Waals surface area contributed by atoms with Crippen molar-refractivity contribution in [2.75, 3.05) is 0 Å². The molecule has 3 heteroatoms. The molecule has 1 aliphatic rings. The van der Waals surface area contributed by atoms with Crippen LogP contribution in [0.5, 0.6) is 0 Å². The average molecular weight is 254 g/mol. The third kappa shape index (κ3) is 3.98. The van der Waals surface area contributed by atoms with E-state index in [-0.39, 0.29) is 5.91 Å². The standard InChI is InChI=1S/C15H30N2O/c1-14(2,15(3,4)16)13(18)17-12-10-8-6-5-7-9-11-12/h12H,5-11,16H2,1-4H3,(H,17,18). The molecule has 3 N–H and O–H groups in total. The maximum absolute atomic E-state index is 12.4.